The van der Waals surface area contributed by atoms with Crippen LogP contribution in [0.15, 0.2) is 51.7 Å². The summed E-state index contributed by atoms with van der Waals surface area (Å²) in [7, 11) is 0. The molecule has 4 rings (SSSR count). The Labute approximate surface area is 115 Å². The normalized spacial score (nSPS) is 18.9. The molecule has 0 bridgehead atoms. The predicted octanol–water partition coefficient (Wildman–Crippen LogP) is 3.45. The number of hydrogen-bond acceptors (Lipinski definition) is 3. The molecule has 1 aliphatic rings. The third kappa shape index (κ3) is 1.67. The molecule has 0 radical (unpaired) electrons. The molecule has 1 fully saturated rings. The van der Waals surface area contributed by atoms with Crippen LogP contribution in [-0.2, 0) is 4.74 Å². The van der Waals surface area contributed by atoms with Gasteiger partial charge in [0.15, 0.2) is 0 Å². The standard InChI is InChI=1S/C17H14O3/c18-17-13-4-1-2-6-14(13)20-15-7-3-5-12(16(15)17)11-8-9-19-10-11/h1-7,11H,8-10H2. The number of rotatable bonds is 1. The molecule has 1 unspecified atom stereocenters. The molecule has 1 aliphatic heterocycles. The van der Waals surface area contributed by atoms with E-state index in [0.717, 1.165) is 18.6 Å². The first-order valence-corrected chi connectivity index (χ1v) is 6.87. The van der Waals surface area contributed by atoms with E-state index in [4.69, 9.17) is 9.15 Å². The average Bonchev–Trinajstić information content (AvgIpc) is 3.01. The summed E-state index contributed by atoms with van der Waals surface area (Å²) in [6, 6.07) is 13.2. The molecule has 3 aromatic rings. The van der Waals surface area contributed by atoms with Gasteiger partial charge in [0.1, 0.15) is 11.2 Å². The van der Waals surface area contributed by atoms with Crippen molar-refractivity contribution in [2.24, 2.45) is 0 Å². The van der Waals surface area contributed by atoms with Crippen LogP contribution in [0, 0.1) is 0 Å². The van der Waals surface area contributed by atoms with Gasteiger partial charge < -0.3 is 9.15 Å². The Hall–Kier alpha value is -2.13. The van der Waals surface area contributed by atoms with Gasteiger partial charge >= 0.3 is 0 Å². The third-order valence-electron chi connectivity index (χ3n) is 4.01. The quantitative estimate of drug-likeness (QED) is 0.633. The SMILES string of the molecule is O=c1c2ccccc2oc2cccc(C3CCOC3)c12. The lowest BCUT2D eigenvalue weighted by molar-refractivity contribution is 0.194. The Morgan fingerprint density at radius 3 is 2.70 bits per heavy atom. The fourth-order valence-electron chi connectivity index (χ4n) is 2.99. The minimum atomic E-state index is 0.0596. The third-order valence-corrected chi connectivity index (χ3v) is 4.01. The summed E-state index contributed by atoms with van der Waals surface area (Å²) in [6.07, 6.45) is 0.964. The molecule has 1 atom stereocenters. The molecular formula is C17H14O3. The highest BCUT2D eigenvalue weighted by atomic mass is 16.5. The van der Waals surface area contributed by atoms with Gasteiger partial charge in [0, 0.05) is 12.5 Å². The second-order valence-electron chi connectivity index (χ2n) is 5.21. The van der Waals surface area contributed by atoms with Gasteiger partial charge in [0.2, 0.25) is 5.43 Å². The van der Waals surface area contributed by atoms with E-state index in [0.29, 0.717) is 34.5 Å². The summed E-state index contributed by atoms with van der Waals surface area (Å²) in [5.74, 6) is 0.294. The summed E-state index contributed by atoms with van der Waals surface area (Å²) in [5.41, 5.74) is 2.42. The van der Waals surface area contributed by atoms with Crippen molar-refractivity contribution in [3.05, 3.63) is 58.3 Å². The maximum atomic E-state index is 12.8. The van der Waals surface area contributed by atoms with Gasteiger partial charge in [0.05, 0.1) is 17.4 Å². The van der Waals surface area contributed by atoms with Crippen molar-refractivity contribution in [3.63, 3.8) is 0 Å². The van der Waals surface area contributed by atoms with Crippen LogP contribution in [0.4, 0.5) is 0 Å². The first-order chi connectivity index (χ1) is 9.84. The lowest BCUT2D eigenvalue weighted by Gasteiger charge is -2.11. The lowest BCUT2D eigenvalue weighted by atomic mass is 9.94. The Morgan fingerprint density at radius 1 is 1.00 bits per heavy atom. The molecule has 1 aromatic heterocycles. The molecule has 100 valence electrons. The molecule has 1 saturated heterocycles. The van der Waals surface area contributed by atoms with Crippen LogP contribution in [0.5, 0.6) is 0 Å². The van der Waals surface area contributed by atoms with Crippen LogP contribution >= 0.6 is 0 Å². The molecule has 3 heteroatoms. The molecule has 3 nitrogen and oxygen atoms in total. The van der Waals surface area contributed by atoms with E-state index in [1.54, 1.807) is 0 Å². The van der Waals surface area contributed by atoms with Crippen molar-refractivity contribution in [1.29, 1.82) is 0 Å². The van der Waals surface area contributed by atoms with Crippen LogP contribution in [0.25, 0.3) is 21.9 Å². The van der Waals surface area contributed by atoms with Gasteiger partial charge in [-0.3, -0.25) is 4.79 Å². The molecule has 2 aromatic carbocycles. The lowest BCUT2D eigenvalue weighted by Crippen LogP contribution is -2.08. The Bertz CT molecular complexity index is 842. The van der Waals surface area contributed by atoms with Crippen molar-refractivity contribution < 1.29 is 9.15 Å². The van der Waals surface area contributed by atoms with Crippen molar-refractivity contribution in [2.45, 2.75) is 12.3 Å². The molecular weight excluding hydrogens is 252 g/mol. The van der Waals surface area contributed by atoms with Gasteiger partial charge in [-0.1, -0.05) is 24.3 Å². The highest BCUT2D eigenvalue weighted by Crippen LogP contribution is 2.31. The second kappa shape index (κ2) is 4.46. The first-order valence-electron chi connectivity index (χ1n) is 6.87. The Morgan fingerprint density at radius 2 is 1.85 bits per heavy atom. The monoisotopic (exact) mass is 266 g/mol. The maximum absolute atomic E-state index is 12.8. The zero-order valence-corrected chi connectivity index (χ0v) is 11.0. The first kappa shape index (κ1) is 11.7. The van der Waals surface area contributed by atoms with Gasteiger partial charge in [-0.25, -0.2) is 0 Å². The van der Waals surface area contributed by atoms with Gasteiger partial charge in [-0.15, -0.1) is 0 Å². The van der Waals surface area contributed by atoms with E-state index in [-0.39, 0.29) is 5.43 Å². The zero-order chi connectivity index (χ0) is 13.5. The summed E-state index contributed by atoms with van der Waals surface area (Å²) >= 11 is 0. The number of ether oxygens (including phenoxy) is 1. The molecule has 0 aliphatic carbocycles. The maximum Gasteiger partial charge on any atom is 0.200 e. The van der Waals surface area contributed by atoms with Crippen molar-refractivity contribution in [2.75, 3.05) is 13.2 Å². The Kier molecular flexibility index (Phi) is 2.60. The van der Waals surface area contributed by atoms with Gasteiger partial charge in [0.25, 0.3) is 0 Å². The molecule has 0 spiro atoms. The smallest absolute Gasteiger partial charge is 0.200 e. The number of fused-ring (bicyclic) bond motifs is 2. The van der Waals surface area contributed by atoms with Crippen LogP contribution in [0.3, 0.4) is 0 Å². The number of para-hydroxylation sites is 1. The topological polar surface area (TPSA) is 39.4 Å². The van der Waals surface area contributed by atoms with Gasteiger partial charge in [-0.2, -0.15) is 0 Å². The van der Waals surface area contributed by atoms with Gasteiger partial charge in [-0.05, 0) is 30.2 Å². The summed E-state index contributed by atoms with van der Waals surface area (Å²) < 4.78 is 11.3. The molecule has 2 heterocycles. The van der Waals surface area contributed by atoms with E-state index in [1.807, 2.05) is 42.5 Å². The fraction of sp³-hybridized carbons (Fsp3) is 0.235. The molecule has 0 N–H and O–H groups in total. The van der Waals surface area contributed by atoms with E-state index in [9.17, 15) is 4.79 Å². The van der Waals surface area contributed by atoms with Crippen LogP contribution in [-0.4, -0.2) is 13.2 Å². The van der Waals surface area contributed by atoms with Crippen molar-refractivity contribution in [1.82, 2.24) is 0 Å². The highest BCUT2D eigenvalue weighted by Gasteiger charge is 2.22. The average molecular weight is 266 g/mol. The van der Waals surface area contributed by atoms with E-state index in [1.165, 1.54) is 0 Å². The highest BCUT2D eigenvalue weighted by molar-refractivity contribution is 5.91. The van der Waals surface area contributed by atoms with E-state index >= 15 is 0 Å². The second-order valence-corrected chi connectivity index (χ2v) is 5.21. The molecule has 0 saturated carbocycles. The van der Waals surface area contributed by atoms with Crippen molar-refractivity contribution >= 4 is 21.9 Å². The largest absolute Gasteiger partial charge is 0.456 e. The summed E-state index contributed by atoms with van der Waals surface area (Å²) in [5, 5.41) is 1.35. The minimum Gasteiger partial charge on any atom is -0.456 e. The van der Waals surface area contributed by atoms with E-state index in [2.05, 4.69) is 0 Å². The van der Waals surface area contributed by atoms with Crippen molar-refractivity contribution in [3.8, 4) is 0 Å². The predicted molar refractivity (Wildman–Crippen MR) is 78.2 cm³/mol. The summed E-state index contributed by atoms with van der Waals surface area (Å²) in [4.78, 5) is 12.8. The molecule has 0 amide bonds. The summed E-state index contributed by atoms with van der Waals surface area (Å²) in [6.45, 7) is 1.45. The number of benzene rings is 2. The fourth-order valence-corrected chi connectivity index (χ4v) is 2.99. The Balaban J connectivity index is 2.11. The van der Waals surface area contributed by atoms with E-state index < -0.39 is 0 Å². The number of hydrogen-bond donors (Lipinski definition) is 0. The molecule has 20 heavy (non-hydrogen) atoms. The zero-order valence-electron chi connectivity index (χ0n) is 11.0. The minimum absolute atomic E-state index is 0.0596. The van der Waals surface area contributed by atoms with Crippen LogP contribution in [0.2, 0.25) is 0 Å². The van der Waals surface area contributed by atoms with Crippen LogP contribution < -0.4 is 5.43 Å². The van der Waals surface area contributed by atoms with Crippen LogP contribution in [0.1, 0.15) is 17.9 Å².